The van der Waals surface area contributed by atoms with Crippen LogP contribution in [-0.2, 0) is 17.9 Å². The van der Waals surface area contributed by atoms with Crippen molar-refractivity contribution in [2.45, 2.75) is 20.0 Å². The molecule has 4 nitrogen and oxygen atoms in total. The lowest BCUT2D eigenvalue weighted by Crippen LogP contribution is -2.20. The number of hydrogen-bond acceptors (Lipinski definition) is 2. The molecule has 0 atom stereocenters. The monoisotopic (exact) mass is 399 g/mol. The molecule has 0 aliphatic heterocycles. The first-order chi connectivity index (χ1) is 13.0. The maximum absolute atomic E-state index is 12.1. The van der Waals surface area contributed by atoms with Crippen LogP contribution in [0, 0.1) is 6.92 Å². The summed E-state index contributed by atoms with van der Waals surface area (Å²) in [7, 11) is 0. The van der Waals surface area contributed by atoms with Crippen LogP contribution in [0.3, 0.4) is 0 Å². The van der Waals surface area contributed by atoms with Gasteiger partial charge in [-0.15, -0.1) is 0 Å². The molecule has 0 aliphatic rings. The molecule has 0 radical (unpaired) electrons. The molecule has 6 heteroatoms. The summed E-state index contributed by atoms with van der Waals surface area (Å²) in [6.07, 6.45) is 6.85. The van der Waals surface area contributed by atoms with Crippen molar-refractivity contribution in [2.24, 2.45) is 0 Å². The van der Waals surface area contributed by atoms with Crippen molar-refractivity contribution < 1.29 is 4.79 Å². The Morgan fingerprint density at radius 1 is 1.19 bits per heavy atom. The predicted octanol–water partition coefficient (Wildman–Crippen LogP) is 4.88. The van der Waals surface area contributed by atoms with Crippen molar-refractivity contribution in [1.29, 1.82) is 0 Å². The largest absolute Gasteiger partial charge is 0.348 e. The molecule has 0 saturated heterocycles. The zero-order valence-electron chi connectivity index (χ0n) is 14.8. The molecule has 0 saturated carbocycles. The van der Waals surface area contributed by atoms with E-state index in [1.54, 1.807) is 30.5 Å². The van der Waals surface area contributed by atoms with Gasteiger partial charge in [0.25, 0.3) is 0 Å². The van der Waals surface area contributed by atoms with Crippen LogP contribution < -0.4 is 5.32 Å². The molecule has 0 fully saturated rings. The topological polar surface area (TPSA) is 46.9 Å². The summed E-state index contributed by atoms with van der Waals surface area (Å²) < 4.78 is 2.08. The van der Waals surface area contributed by atoms with Crippen LogP contribution in [0.15, 0.2) is 60.9 Å². The van der Waals surface area contributed by atoms with Gasteiger partial charge in [0.05, 0.1) is 10.0 Å². The van der Waals surface area contributed by atoms with Crippen molar-refractivity contribution in [2.75, 3.05) is 0 Å². The van der Waals surface area contributed by atoms with Crippen molar-refractivity contribution in [3.05, 3.63) is 93.5 Å². The number of aromatic nitrogens is 2. The van der Waals surface area contributed by atoms with Crippen molar-refractivity contribution in [3.8, 4) is 0 Å². The summed E-state index contributed by atoms with van der Waals surface area (Å²) in [6.45, 7) is 3.17. The number of carbonyl (C=O) groups is 1. The van der Waals surface area contributed by atoms with Crippen molar-refractivity contribution >= 4 is 35.2 Å². The Hall–Kier alpha value is -2.56. The molecule has 1 amide bonds. The molecule has 0 unspecified atom stereocenters. The summed E-state index contributed by atoms with van der Waals surface area (Å²) >= 11 is 12.1. The van der Waals surface area contributed by atoms with Gasteiger partial charge in [0, 0.05) is 31.6 Å². The maximum atomic E-state index is 12.1. The third kappa shape index (κ3) is 5.22. The van der Waals surface area contributed by atoms with Crippen LogP contribution in [0.1, 0.15) is 22.5 Å². The highest BCUT2D eigenvalue weighted by Gasteiger charge is 2.03. The maximum Gasteiger partial charge on any atom is 0.244 e. The summed E-state index contributed by atoms with van der Waals surface area (Å²) in [5, 5.41) is 3.78. The van der Waals surface area contributed by atoms with E-state index in [1.165, 1.54) is 6.08 Å². The first kappa shape index (κ1) is 19.2. The van der Waals surface area contributed by atoms with Crippen LogP contribution in [0.2, 0.25) is 10.0 Å². The molecule has 27 heavy (non-hydrogen) atoms. The number of benzene rings is 2. The van der Waals surface area contributed by atoms with E-state index in [2.05, 4.69) is 27.0 Å². The molecular formula is C21H19Cl2N3O. The Labute approximate surface area is 168 Å². The number of hydrogen-bond donors (Lipinski definition) is 1. The number of nitrogens with zero attached hydrogens (tertiary/aromatic N) is 2. The van der Waals surface area contributed by atoms with Gasteiger partial charge in [-0.2, -0.15) is 0 Å². The smallest absolute Gasteiger partial charge is 0.244 e. The van der Waals surface area contributed by atoms with E-state index in [4.69, 9.17) is 23.2 Å². The summed E-state index contributed by atoms with van der Waals surface area (Å²) in [4.78, 5) is 16.3. The van der Waals surface area contributed by atoms with Crippen LogP contribution in [-0.4, -0.2) is 15.5 Å². The third-order valence-corrected chi connectivity index (χ3v) is 4.96. The van der Waals surface area contributed by atoms with Gasteiger partial charge in [-0.05, 0) is 35.8 Å². The number of aryl methyl sites for hydroxylation is 1. The molecule has 138 valence electrons. The van der Waals surface area contributed by atoms with E-state index in [-0.39, 0.29) is 5.91 Å². The van der Waals surface area contributed by atoms with Gasteiger partial charge in [-0.25, -0.2) is 4.98 Å². The van der Waals surface area contributed by atoms with Gasteiger partial charge in [0.2, 0.25) is 5.91 Å². The fraction of sp³-hybridized carbons (Fsp3) is 0.143. The lowest BCUT2D eigenvalue weighted by molar-refractivity contribution is -0.116. The third-order valence-electron chi connectivity index (χ3n) is 4.13. The zero-order valence-corrected chi connectivity index (χ0v) is 16.3. The second-order valence-electron chi connectivity index (χ2n) is 6.12. The Bertz CT molecular complexity index is 979. The Morgan fingerprint density at radius 3 is 2.74 bits per heavy atom. The van der Waals surface area contributed by atoms with Gasteiger partial charge in [0.15, 0.2) is 0 Å². The standard InChI is InChI=1S/C21H19Cl2N3O/c1-15-24-10-11-26(15)14-17-5-2-4-16(12-17)13-25-20(27)9-8-18-6-3-7-19(22)21(18)23/h2-12H,13-14H2,1H3,(H,25,27). The van der Waals surface area contributed by atoms with Gasteiger partial charge in [-0.3, -0.25) is 4.79 Å². The van der Waals surface area contributed by atoms with Crippen LogP contribution in [0.25, 0.3) is 6.08 Å². The summed E-state index contributed by atoms with van der Waals surface area (Å²) in [5.41, 5.74) is 2.90. The number of carbonyl (C=O) groups excluding carboxylic acids is 1. The van der Waals surface area contributed by atoms with Gasteiger partial charge in [0.1, 0.15) is 5.82 Å². The van der Waals surface area contributed by atoms with Gasteiger partial charge in [-0.1, -0.05) is 59.6 Å². The minimum Gasteiger partial charge on any atom is -0.348 e. The molecule has 0 aliphatic carbocycles. The number of rotatable bonds is 6. The average Bonchev–Trinajstić information content (AvgIpc) is 3.06. The minimum atomic E-state index is -0.193. The highest BCUT2D eigenvalue weighted by atomic mass is 35.5. The second-order valence-corrected chi connectivity index (χ2v) is 6.90. The second kappa shape index (κ2) is 8.89. The van der Waals surface area contributed by atoms with E-state index in [0.717, 1.165) is 23.5 Å². The molecule has 1 N–H and O–H groups in total. The van der Waals surface area contributed by atoms with Crippen molar-refractivity contribution in [3.63, 3.8) is 0 Å². The molecule has 3 rings (SSSR count). The number of nitrogens with one attached hydrogen (secondary N) is 1. The van der Waals surface area contributed by atoms with E-state index in [0.29, 0.717) is 22.2 Å². The average molecular weight is 400 g/mol. The lowest BCUT2D eigenvalue weighted by atomic mass is 10.1. The lowest BCUT2D eigenvalue weighted by Gasteiger charge is -2.08. The molecule has 2 aromatic carbocycles. The van der Waals surface area contributed by atoms with Crippen LogP contribution in [0.5, 0.6) is 0 Å². The van der Waals surface area contributed by atoms with Gasteiger partial charge < -0.3 is 9.88 Å². The molecule has 3 aromatic rings. The molecule has 1 aromatic heterocycles. The fourth-order valence-corrected chi connectivity index (χ4v) is 3.04. The van der Waals surface area contributed by atoms with Crippen molar-refractivity contribution in [1.82, 2.24) is 14.9 Å². The van der Waals surface area contributed by atoms with E-state index >= 15 is 0 Å². The van der Waals surface area contributed by atoms with E-state index in [9.17, 15) is 4.79 Å². The number of halogens is 2. The normalized spacial score (nSPS) is 11.1. The molecular weight excluding hydrogens is 381 g/mol. The predicted molar refractivity (Wildman–Crippen MR) is 110 cm³/mol. The zero-order chi connectivity index (χ0) is 19.2. The molecule has 0 bridgehead atoms. The molecule has 1 heterocycles. The Kier molecular flexibility index (Phi) is 6.32. The SMILES string of the molecule is Cc1nccn1Cc1cccc(CNC(=O)C=Cc2cccc(Cl)c2Cl)c1. The first-order valence-electron chi connectivity index (χ1n) is 8.48. The summed E-state index contributed by atoms with van der Waals surface area (Å²) in [6, 6.07) is 13.4. The molecule has 0 spiro atoms. The highest BCUT2D eigenvalue weighted by molar-refractivity contribution is 6.42. The first-order valence-corrected chi connectivity index (χ1v) is 9.24. The summed E-state index contributed by atoms with van der Waals surface area (Å²) in [5.74, 6) is 0.778. The van der Waals surface area contributed by atoms with E-state index in [1.807, 2.05) is 25.3 Å². The van der Waals surface area contributed by atoms with Crippen LogP contribution in [0.4, 0.5) is 0 Å². The van der Waals surface area contributed by atoms with Gasteiger partial charge >= 0.3 is 0 Å². The van der Waals surface area contributed by atoms with E-state index < -0.39 is 0 Å². The van der Waals surface area contributed by atoms with Crippen LogP contribution >= 0.6 is 23.2 Å². The minimum absolute atomic E-state index is 0.193. The number of amides is 1. The quantitative estimate of drug-likeness (QED) is 0.600. The highest BCUT2D eigenvalue weighted by Crippen LogP contribution is 2.26. The number of imidazole rings is 1. The Balaban J connectivity index is 1.59. The fourth-order valence-electron chi connectivity index (χ4n) is 2.67. The Morgan fingerprint density at radius 2 is 1.96 bits per heavy atom.